The number of benzene rings is 1. The highest BCUT2D eigenvalue weighted by molar-refractivity contribution is 5.69. The number of hydrogen-bond acceptors (Lipinski definition) is 3. The highest BCUT2D eigenvalue weighted by Crippen LogP contribution is 2.20. The van der Waals surface area contributed by atoms with E-state index in [2.05, 4.69) is 6.58 Å². The van der Waals surface area contributed by atoms with E-state index in [9.17, 15) is 4.79 Å². The second kappa shape index (κ2) is 5.71. The molecule has 3 heteroatoms. The SMILES string of the molecule is C=C(C)c1ccc(OOC(=O)CC(C)(C)C)cc1. The van der Waals surface area contributed by atoms with Crippen LogP contribution in [0.3, 0.4) is 0 Å². The van der Waals surface area contributed by atoms with Gasteiger partial charge in [-0.15, -0.1) is 0 Å². The molecular formula is C15H20O3. The van der Waals surface area contributed by atoms with Crippen molar-refractivity contribution in [2.24, 2.45) is 5.41 Å². The van der Waals surface area contributed by atoms with Crippen molar-refractivity contribution < 1.29 is 14.6 Å². The van der Waals surface area contributed by atoms with E-state index in [-0.39, 0.29) is 11.4 Å². The van der Waals surface area contributed by atoms with Gasteiger partial charge in [-0.2, -0.15) is 0 Å². The first kappa shape index (κ1) is 14.3. The molecule has 0 saturated heterocycles. The van der Waals surface area contributed by atoms with Crippen molar-refractivity contribution in [2.45, 2.75) is 34.1 Å². The Bertz CT molecular complexity index is 424. The number of carbonyl (C=O) groups is 1. The van der Waals surface area contributed by atoms with Crippen LogP contribution in [0.15, 0.2) is 30.8 Å². The van der Waals surface area contributed by atoms with Crippen LogP contribution in [0.25, 0.3) is 5.57 Å². The molecule has 0 aliphatic carbocycles. The van der Waals surface area contributed by atoms with Crippen LogP contribution in [0.1, 0.15) is 39.7 Å². The molecule has 0 saturated carbocycles. The molecule has 3 nitrogen and oxygen atoms in total. The van der Waals surface area contributed by atoms with E-state index >= 15 is 0 Å². The molecule has 0 heterocycles. The standard InChI is InChI=1S/C15H20O3/c1-11(2)12-6-8-13(9-7-12)17-18-14(16)10-15(3,4)5/h6-9H,1,10H2,2-5H3. The van der Waals surface area contributed by atoms with E-state index in [0.29, 0.717) is 12.2 Å². The Morgan fingerprint density at radius 1 is 1.22 bits per heavy atom. The van der Waals surface area contributed by atoms with Crippen molar-refractivity contribution in [3.63, 3.8) is 0 Å². The van der Waals surface area contributed by atoms with Gasteiger partial charge in [-0.05, 0) is 30.0 Å². The zero-order valence-corrected chi connectivity index (χ0v) is 11.4. The normalized spacial score (nSPS) is 10.9. The van der Waals surface area contributed by atoms with Gasteiger partial charge in [-0.25, -0.2) is 4.79 Å². The predicted molar refractivity (Wildman–Crippen MR) is 71.9 cm³/mol. The summed E-state index contributed by atoms with van der Waals surface area (Å²) in [4.78, 5) is 21.2. The van der Waals surface area contributed by atoms with Gasteiger partial charge in [-0.3, -0.25) is 9.78 Å². The lowest BCUT2D eigenvalue weighted by Crippen LogP contribution is -2.16. The largest absolute Gasteiger partial charge is 0.355 e. The molecule has 0 unspecified atom stereocenters. The summed E-state index contributed by atoms with van der Waals surface area (Å²) in [5, 5.41) is 0. The minimum Gasteiger partial charge on any atom is -0.287 e. The Kier molecular flexibility index (Phi) is 4.54. The summed E-state index contributed by atoms with van der Waals surface area (Å²) in [6, 6.07) is 7.23. The maximum Gasteiger partial charge on any atom is 0.355 e. The summed E-state index contributed by atoms with van der Waals surface area (Å²) in [6.07, 6.45) is 0.316. The van der Waals surface area contributed by atoms with Crippen molar-refractivity contribution in [2.75, 3.05) is 0 Å². The Labute approximate surface area is 108 Å². The third-order valence-electron chi connectivity index (χ3n) is 2.25. The first-order valence-corrected chi connectivity index (χ1v) is 5.91. The summed E-state index contributed by atoms with van der Waals surface area (Å²) in [5.74, 6) is 0.133. The number of hydrogen-bond donors (Lipinski definition) is 0. The molecule has 18 heavy (non-hydrogen) atoms. The highest BCUT2D eigenvalue weighted by Gasteiger charge is 2.18. The minimum atomic E-state index is -0.369. The third kappa shape index (κ3) is 5.04. The molecule has 0 N–H and O–H groups in total. The fourth-order valence-electron chi connectivity index (χ4n) is 1.35. The van der Waals surface area contributed by atoms with Gasteiger partial charge in [0.05, 0.1) is 6.42 Å². The monoisotopic (exact) mass is 248 g/mol. The van der Waals surface area contributed by atoms with Crippen molar-refractivity contribution >= 4 is 11.5 Å². The minimum absolute atomic E-state index is 0.107. The van der Waals surface area contributed by atoms with Crippen LogP contribution in [0.5, 0.6) is 5.75 Å². The van der Waals surface area contributed by atoms with Gasteiger partial charge in [0.1, 0.15) is 0 Å². The van der Waals surface area contributed by atoms with Crippen molar-refractivity contribution in [1.82, 2.24) is 0 Å². The Morgan fingerprint density at radius 2 is 1.78 bits per heavy atom. The van der Waals surface area contributed by atoms with E-state index in [4.69, 9.17) is 9.78 Å². The van der Waals surface area contributed by atoms with Crippen LogP contribution in [0, 0.1) is 5.41 Å². The molecular weight excluding hydrogens is 228 g/mol. The van der Waals surface area contributed by atoms with Gasteiger partial charge in [0.25, 0.3) is 0 Å². The molecule has 0 spiro atoms. The number of rotatable bonds is 4. The zero-order valence-electron chi connectivity index (χ0n) is 11.4. The van der Waals surface area contributed by atoms with E-state index in [0.717, 1.165) is 11.1 Å². The molecule has 0 amide bonds. The lowest BCUT2D eigenvalue weighted by atomic mass is 9.93. The third-order valence-corrected chi connectivity index (χ3v) is 2.25. The molecule has 0 aliphatic rings. The maximum absolute atomic E-state index is 11.4. The molecule has 0 fully saturated rings. The van der Waals surface area contributed by atoms with Gasteiger partial charge >= 0.3 is 5.97 Å². The van der Waals surface area contributed by atoms with Gasteiger partial charge in [0.15, 0.2) is 5.75 Å². The van der Waals surface area contributed by atoms with Crippen LogP contribution in [-0.4, -0.2) is 5.97 Å². The molecule has 0 aromatic heterocycles. The molecule has 1 aromatic carbocycles. The van der Waals surface area contributed by atoms with Gasteiger partial charge < -0.3 is 0 Å². The summed E-state index contributed by atoms with van der Waals surface area (Å²) >= 11 is 0. The molecule has 98 valence electrons. The first-order valence-electron chi connectivity index (χ1n) is 5.91. The van der Waals surface area contributed by atoms with Gasteiger partial charge in [0.2, 0.25) is 0 Å². The van der Waals surface area contributed by atoms with Crippen LogP contribution < -0.4 is 4.89 Å². The summed E-state index contributed by atoms with van der Waals surface area (Å²) in [5.41, 5.74) is 1.90. The maximum atomic E-state index is 11.4. The van der Waals surface area contributed by atoms with Crippen molar-refractivity contribution in [3.8, 4) is 5.75 Å². The quantitative estimate of drug-likeness (QED) is 0.597. The van der Waals surface area contributed by atoms with E-state index < -0.39 is 0 Å². The van der Waals surface area contributed by atoms with Crippen LogP contribution in [-0.2, 0) is 9.68 Å². The Balaban J connectivity index is 2.49. The summed E-state index contributed by atoms with van der Waals surface area (Å²) in [6.45, 7) is 11.7. The average molecular weight is 248 g/mol. The van der Waals surface area contributed by atoms with Crippen LogP contribution in [0.4, 0.5) is 0 Å². The zero-order chi connectivity index (χ0) is 13.8. The van der Waals surface area contributed by atoms with E-state index in [1.54, 1.807) is 12.1 Å². The van der Waals surface area contributed by atoms with E-state index in [1.807, 2.05) is 39.8 Å². The lowest BCUT2D eigenvalue weighted by Gasteiger charge is -2.15. The van der Waals surface area contributed by atoms with Gasteiger partial charge in [-0.1, -0.05) is 45.1 Å². The molecule has 0 radical (unpaired) electrons. The van der Waals surface area contributed by atoms with Crippen LogP contribution in [0.2, 0.25) is 0 Å². The average Bonchev–Trinajstić information content (AvgIpc) is 2.24. The highest BCUT2D eigenvalue weighted by atomic mass is 17.2. The summed E-state index contributed by atoms with van der Waals surface area (Å²) in [7, 11) is 0. The Morgan fingerprint density at radius 3 is 2.22 bits per heavy atom. The fraction of sp³-hybridized carbons (Fsp3) is 0.400. The summed E-state index contributed by atoms with van der Waals surface area (Å²) < 4.78 is 0. The molecule has 0 bridgehead atoms. The second-order valence-corrected chi connectivity index (χ2v) is 5.58. The topological polar surface area (TPSA) is 35.5 Å². The van der Waals surface area contributed by atoms with E-state index in [1.165, 1.54) is 0 Å². The molecule has 0 aliphatic heterocycles. The van der Waals surface area contributed by atoms with Crippen LogP contribution >= 0.6 is 0 Å². The number of allylic oxidation sites excluding steroid dienone is 1. The lowest BCUT2D eigenvalue weighted by molar-refractivity contribution is -0.215. The predicted octanol–water partition coefficient (Wildman–Crippen LogP) is 3.99. The molecule has 1 aromatic rings. The van der Waals surface area contributed by atoms with Crippen molar-refractivity contribution in [1.29, 1.82) is 0 Å². The van der Waals surface area contributed by atoms with Crippen molar-refractivity contribution in [3.05, 3.63) is 36.4 Å². The fourth-order valence-corrected chi connectivity index (χ4v) is 1.35. The molecule has 1 rings (SSSR count). The Hall–Kier alpha value is -1.77. The first-order chi connectivity index (χ1) is 8.28. The van der Waals surface area contributed by atoms with Gasteiger partial charge in [0, 0.05) is 0 Å². The second-order valence-electron chi connectivity index (χ2n) is 5.58. The number of carbonyl (C=O) groups excluding carboxylic acids is 1. The smallest absolute Gasteiger partial charge is 0.287 e. The molecule has 0 atom stereocenters.